The minimum absolute atomic E-state index is 0.188. The van der Waals surface area contributed by atoms with E-state index in [0.29, 0.717) is 6.04 Å². The van der Waals surface area contributed by atoms with Gasteiger partial charge >= 0.3 is 0 Å². The highest BCUT2D eigenvalue weighted by Crippen LogP contribution is 2.40. The van der Waals surface area contributed by atoms with Gasteiger partial charge in [-0.3, -0.25) is 0 Å². The average molecular weight is 253 g/mol. The van der Waals surface area contributed by atoms with Gasteiger partial charge in [-0.1, -0.05) is 48.5 Å². The number of para-hydroxylation sites is 1. The molecule has 2 atom stereocenters. The molecule has 2 aromatic rings. The van der Waals surface area contributed by atoms with Gasteiger partial charge in [-0.25, -0.2) is 0 Å². The van der Waals surface area contributed by atoms with Crippen molar-refractivity contribution < 1.29 is 4.74 Å². The van der Waals surface area contributed by atoms with E-state index in [1.807, 2.05) is 0 Å². The molecule has 1 N–H and O–H groups in total. The van der Waals surface area contributed by atoms with E-state index in [4.69, 9.17) is 4.74 Å². The van der Waals surface area contributed by atoms with Crippen molar-refractivity contribution >= 4 is 5.69 Å². The fourth-order valence-electron chi connectivity index (χ4n) is 2.76. The third-order valence-electron chi connectivity index (χ3n) is 3.66. The zero-order valence-corrected chi connectivity index (χ0v) is 11.2. The van der Waals surface area contributed by atoms with Crippen LogP contribution in [-0.2, 0) is 4.74 Å². The summed E-state index contributed by atoms with van der Waals surface area (Å²) in [4.78, 5) is 0. The van der Waals surface area contributed by atoms with Crippen LogP contribution in [0.2, 0.25) is 0 Å². The monoisotopic (exact) mass is 253 g/mol. The van der Waals surface area contributed by atoms with Gasteiger partial charge in [0, 0.05) is 24.3 Å². The topological polar surface area (TPSA) is 21.3 Å². The summed E-state index contributed by atoms with van der Waals surface area (Å²) < 4.78 is 5.92. The lowest BCUT2D eigenvalue weighted by atomic mass is 9.91. The molecule has 3 rings (SSSR count). The molecule has 1 unspecified atom stereocenters. The third-order valence-corrected chi connectivity index (χ3v) is 3.66. The molecule has 1 heterocycles. The Bertz CT molecular complexity index is 538. The van der Waals surface area contributed by atoms with Crippen molar-refractivity contribution in [3.8, 4) is 0 Å². The van der Waals surface area contributed by atoms with Crippen molar-refractivity contribution in [1.29, 1.82) is 0 Å². The van der Waals surface area contributed by atoms with Crippen LogP contribution in [0, 0.1) is 0 Å². The number of rotatable bonds is 3. The fourth-order valence-corrected chi connectivity index (χ4v) is 2.76. The molecule has 2 heteroatoms. The lowest BCUT2D eigenvalue weighted by Gasteiger charge is -2.33. The van der Waals surface area contributed by atoms with Gasteiger partial charge in [-0.2, -0.15) is 0 Å². The van der Waals surface area contributed by atoms with E-state index >= 15 is 0 Å². The van der Waals surface area contributed by atoms with E-state index in [-0.39, 0.29) is 6.10 Å². The summed E-state index contributed by atoms with van der Waals surface area (Å²) in [5.74, 6) is 0. The Morgan fingerprint density at radius 1 is 1.05 bits per heavy atom. The second kappa shape index (κ2) is 5.45. The van der Waals surface area contributed by atoms with Gasteiger partial charge in [0.05, 0.1) is 12.1 Å². The molecule has 0 saturated heterocycles. The maximum absolute atomic E-state index is 5.92. The van der Waals surface area contributed by atoms with Gasteiger partial charge in [0.2, 0.25) is 0 Å². The smallest absolute Gasteiger partial charge is 0.0867 e. The average Bonchev–Trinajstić information content (AvgIpc) is 2.48. The Labute approximate surface area is 114 Å². The maximum Gasteiger partial charge on any atom is 0.0867 e. The van der Waals surface area contributed by atoms with E-state index in [9.17, 15) is 0 Å². The lowest BCUT2D eigenvalue weighted by Crippen LogP contribution is -2.23. The molecule has 0 amide bonds. The summed E-state index contributed by atoms with van der Waals surface area (Å²) in [6, 6.07) is 19.4. The van der Waals surface area contributed by atoms with Gasteiger partial charge < -0.3 is 10.1 Å². The van der Waals surface area contributed by atoms with Gasteiger partial charge in [-0.05, 0) is 18.6 Å². The summed E-state index contributed by atoms with van der Waals surface area (Å²) in [5.41, 5.74) is 3.79. The van der Waals surface area contributed by atoms with Gasteiger partial charge in [0.15, 0.2) is 0 Å². The number of fused-ring (bicyclic) bond motifs is 1. The third kappa shape index (κ3) is 2.49. The Morgan fingerprint density at radius 3 is 2.58 bits per heavy atom. The Hall–Kier alpha value is -1.80. The van der Waals surface area contributed by atoms with Gasteiger partial charge in [0.25, 0.3) is 0 Å². The summed E-state index contributed by atoms with van der Waals surface area (Å²) in [5, 5.41) is 3.62. The minimum atomic E-state index is 0.188. The van der Waals surface area contributed by atoms with Crippen LogP contribution in [0.25, 0.3) is 0 Å². The summed E-state index contributed by atoms with van der Waals surface area (Å²) >= 11 is 0. The van der Waals surface area contributed by atoms with E-state index in [2.05, 4.69) is 66.8 Å². The highest BCUT2D eigenvalue weighted by molar-refractivity contribution is 5.56. The van der Waals surface area contributed by atoms with Gasteiger partial charge in [0.1, 0.15) is 0 Å². The molecule has 0 aromatic heterocycles. The Morgan fingerprint density at radius 2 is 1.79 bits per heavy atom. The number of anilines is 1. The zero-order chi connectivity index (χ0) is 13.1. The van der Waals surface area contributed by atoms with Crippen molar-refractivity contribution in [3.05, 3.63) is 65.7 Å². The van der Waals surface area contributed by atoms with Crippen LogP contribution in [0.15, 0.2) is 54.6 Å². The number of hydrogen-bond acceptors (Lipinski definition) is 2. The fraction of sp³-hybridized carbons (Fsp3) is 0.294. The molecule has 0 fully saturated rings. The highest BCUT2D eigenvalue weighted by Gasteiger charge is 2.27. The first-order valence-electron chi connectivity index (χ1n) is 6.90. The highest BCUT2D eigenvalue weighted by atomic mass is 16.5. The standard InChI is InChI=1S/C17H19NO/c1-2-19-17-12-16(13-8-4-3-5-9-13)18-15-11-7-6-10-14(15)17/h3-11,16-18H,2,12H2,1H3/t16-,17?/m0/s1. The molecule has 0 spiro atoms. The molecule has 0 bridgehead atoms. The molecule has 98 valence electrons. The molecule has 0 aliphatic carbocycles. The number of ether oxygens (including phenoxy) is 1. The van der Waals surface area contributed by atoms with E-state index in [1.54, 1.807) is 0 Å². The van der Waals surface area contributed by atoms with Crippen LogP contribution in [0.5, 0.6) is 0 Å². The number of hydrogen-bond donors (Lipinski definition) is 1. The van der Waals surface area contributed by atoms with Crippen LogP contribution in [0.1, 0.15) is 36.6 Å². The molecular weight excluding hydrogens is 234 g/mol. The van der Waals surface area contributed by atoms with Crippen molar-refractivity contribution in [2.75, 3.05) is 11.9 Å². The van der Waals surface area contributed by atoms with Crippen LogP contribution >= 0.6 is 0 Å². The van der Waals surface area contributed by atoms with Crippen molar-refractivity contribution in [1.82, 2.24) is 0 Å². The van der Waals surface area contributed by atoms with E-state index in [0.717, 1.165) is 13.0 Å². The van der Waals surface area contributed by atoms with Crippen molar-refractivity contribution in [2.24, 2.45) is 0 Å². The SMILES string of the molecule is CCOC1C[C@@H](c2ccccc2)Nc2ccccc21. The molecule has 2 nitrogen and oxygen atoms in total. The molecule has 1 aliphatic heterocycles. The molecular formula is C17H19NO. The molecule has 0 radical (unpaired) electrons. The minimum Gasteiger partial charge on any atom is -0.378 e. The Balaban J connectivity index is 1.92. The van der Waals surface area contributed by atoms with Gasteiger partial charge in [-0.15, -0.1) is 0 Å². The molecule has 2 aromatic carbocycles. The van der Waals surface area contributed by atoms with Crippen molar-refractivity contribution in [3.63, 3.8) is 0 Å². The lowest BCUT2D eigenvalue weighted by molar-refractivity contribution is 0.0499. The molecule has 1 aliphatic rings. The van der Waals surface area contributed by atoms with Crippen LogP contribution in [0.3, 0.4) is 0 Å². The first-order valence-corrected chi connectivity index (χ1v) is 6.90. The summed E-state index contributed by atoms with van der Waals surface area (Å²) in [7, 11) is 0. The summed E-state index contributed by atoms with van der Waals surface area (Å²) in [6.07, 6.45) is 1.17. The van der Waals surface area contributed by atoms with E-state index in [1.165, 1.54) is 16.8 Å². The molecule has 19 heavy (non-hydrogen) atoms. The van der Waals surface area contributed by atoms with Crippen LogP contribution in [-0.4, -0.2) is 6.61 Å². The number of nitrogens with one attached hydrogen (secondary N) is 1. The first kappa shape index (κ1) is 12.2. The maximum atomic E-state index is 5.92. The van der Waals surface area contributed by atoms with E-state index < -0.39 is 0 Å². The van der Waals surface area contributed by atoms with Crippen molar-refractivity contribution in [2.45, 2.75) is 25.5 Å². The Kier molecular flexibility index (Phi) is 3.51. The largest absolute Gasteiger partial charge is 0.378 e. The second-order valence-electron chi connectivity index (χ2n) is 4.87. The first-order chi connectivity index (χ1) is 9.38. The van der Waals surface area contributed by atoms with Crippen LogP contribution in [0.4, 0.5) is 5.69 Å². The summed E-state index contributed by atoms with van der Waals surface area (Å²) in [6.45, 7) is 2.81. The normalized spacial score (nSPS) is 21.5. The second-order valence-corrected chi connectivity index (χ2v) is 4.87. The predicted molar refractivity (Wildman–Crippen MR) is 78.2 cm³/mol. The molecule has 0 saturated carbocycles. The zero-order valence-electron chi connectivity index (χ0n) is 11.2. The quantitative estimate of drug-likeness (QED) is 0.879. The number of benzene rings is 2. The predicted octanol–water partition coefficient (Wildman–Crippen LogP) is 4.32. The van der Waals surface area contributed by atoms with Crippen LogP contribution < -0.4 is 5.32 Å².